The monoisotopic (exact) mass is 457 g/mol. The van der Waals surface area contributed by atoms with Crippen molar-refractivity contribution in [1.82, 2.24) is 25.1 Å². The van der Waals surface area contributed by atoms with E-state index in [0.717, 1.165) is 12.1 Å². The first-order chi connectivity index (χ1) is 15.9. The van der Waals surface area contributed by atoms with Gasteiger partial charge in [0.25, 0.3) is 5.91 Å². The number of benzene rings is 2. The van der Waals surface area contributed by atoms with Crippen molar-refractivity contribution in [3.8, 4) is 23.0 Å². The van der Waals surface area contributed by atoms with E-state index in [4.69, 9.17) is 9.47 Å². The molecule has 2 heterocycles. The van der Waals surface area contributed by atoms with Gasteiger partial charge in [0.2, 0.25) is 5.88 Å². The highest BCUT2D eigenvalue weighted by molar-refractivity contribution is 5.80. The molecule has 0 spiro atoms. The molecule has 0 aliphatic rings. The summed E-state index contributed by atoms with van der Waals surface area (Å²) in [5.41, 5.74) is 0.958. The fraction of sp³-hybridized carbons (Fsp3) is 0.182. The molecule has 1 amide bonds. The summed E-state index contributed by atoms with van der Waals surface area (Å²) < 4.78 is 52.4. The van der Waals surface area contributed by atoms with Gasteiger partial charge in [-0.1, -0.05) is 12.1 Å². The molecule has 11 heteroatoms. The number of nitrogens with one attached hydrogen (secondary N) is 1. The van der Waals surface area contributed by atoms with Crippen LogP contribution in [-0.4, -0.2) is 45.0 Å². The van der Waals surface area contributed by atoms with Crippen LogP contribution in [0.1, 0.15) is 6.92 Å². The van der Waals surface area contributed by atoms with Gasteiger partial charge in [-0.25, -0.2) is 13.2 Å². The normalized spacial score (nSPS) is 11.9. The van der Waals surface area contributed by atoms with Gasteiger partial charge < -0.3 is 14.8 Å². The minimum absolute atomic E-state index is 0.0826. The van der Waals surface area contributed by atoms with Gasteiger partial charge in [-0.15, -0.1) is 15.3 Å². The maximum atomic E-state index is 13.7. The SMILES string of the molecule is CC(Oc1ccc(F)cc1F)C(=O)NCCOc1ccc2nnc(-c3cccc(F)c3)n2n1. The van der Waals surface area contributed by atoms with Crippen LogP contribution in [0.15, 0.2) is 54.6 Å². The van der Waals surface area contributed by atoms with E-state index < -0.39 is 29.5 Å². The van der Waals surface area contributed by atoms with E-state index in [1.807, 2.05) is 0 Å². The molecule has 2 aromatic heterocycles. The van der Waals surface area contributed by atoms with E-state index in [1.54, 1.807) is 24.3 Å². The molecule has 0 radical (unpaired) electrons. The third-order valence-electron chi connectivity index (χ3n) is 4.54. The lowest BCUT2D eigenvalue weighted by Crippen LogP contribution is -2.38. The molecule has 1 atom stereocenters. The highest BCUT2D eigenvalue weighted by Crippen LogP contribution is 2.20. The van der Waals surface area contributed by atoms with Crippen molar-refractivity contribution in [3.63, 3.8) is 0 Å². The van der Waals surface area contributed by atoms with Crippen LogP contribution in [0.4, 0.5) is 13.2 Å². The van der Waals surface area contributed by atoms with Gasteiger partial charge in [0.15, 0.2) is 29.1 Å². The van der Waals surface area contributed by atoms with E-state index >= 15 is 0 Å². The smallest absolute Gasteiger partial charge is 0.260 e. The Morgan fingerprint density at radius 1 is 1.06 bits per heavy atom. The number of hydrogen-bond donors (Lipinski definition) is 1. The van der Waals surface area contributed by atoms with Gasteiger partial charge >= 0.3 is 0 Å². The van der Waals surface area contributed by atoms with Crippen LogP contribution >= 0.6 is 0 Å². The van der Waals surface area contributed by atoms with Crippen LogP contribution < -0.4 is 14.8 Å². The number of nitrogens with zero attached hydrogens (tertiary/aromatic N) is 4. The average Bonchev–Trinajstić information content (AvgIpc) is 3.21. The minimum atomic E-state index is -1.01. The second-order valence-electron chi connectivity index (χ2n) is 6.95. The summed E-state index contributed by atoms with van der Waals surface area (Å²) >= 11 is 0. The number of aromatic nitrogens is 4. The number of ether oxygens (including phenoxy) is 2. The largest absolute Gasteiger partial charge is 0.478 e. The molecule has 2 aromatic carbocycles. The van der Waals surface area contributed by atoms with Gasteiger partial charge in [-0.05, 0) is 37.3 Å². The topological polar surface area (TPSA) is 90.6 Å². The van der Waals surface area contributed by atoms with Crippen LogP contribution in [0.5, 0.6) is 11.6 Å². The Kier molecular flexibility index (Phi) is 6.38. The number of rotatable bonds is 8. The highest BCUT2D eigenvalue weighted by atomic mass is 19.1. The Hall–Kier alpha value is -4.15. The highest BCUT2D eigenvalue weighted by Gasteiger charge is 2.17. The summed E-state index contributed by atoms with van der Waals surface area (Å²) in [7, 11) is 0. The molecule has 0 bridgehead atoms. The van der Waals surface area contributed by atoms with Crippen molar-refractivity contribution in [2.24, 2.45) is 0 Å². The first kappa shape index (κ1) is 22.1. The summed E-state index contributed by atoms with van der Waals surface area (Å²) in [4.78, 5) is 12.2. The maximum Gasteiger partial charge on any atom is 0.260 e. The Labute approximate surface area is 186 Å². The molecule has 4 aromatic rings. The summed E-state index contributed by atoms with van der Waals surface area (Å²) in [5.74, 6) is -2.18. The average molecular weight is 457 g/mol. The maximum absolute atomic E-state index is 13.7. The van der Waals surface area contributed by atoms with Gasteiger partial charge in [0, 0.05) is 17.7 Å². The van der Waals surface area contributed by atoms with Gasteiger partial charge in [-0.2, -0.15) is 4.52 Å². The zero-order valence-corrected chi connectivity index (χ0v) is 17.3. The second-order valence-corrected chi connectivity index (χ2v) is 6.95. The summed E-state index contributed by atoms with van der Waals surface area (Å²) in [6.45, 7) is 1.64. The van der Waals surface area contributed by atoms with Crippen LogP contribution in [-0.2, 0) is 4.79 Å². The molecule has 0 aliphatic heterocycles. The molecule has 4 rings (SSSR count). The predicted octanol–water partition coefficient (Wildman–Crippen LogP) is 3.17. The molecule has 0 saturated carbocycles. The third-order valence-corrected chi connectivity index (χ3v) is 4.54. The van der Waals surface area contributed by atoms with Crippen molar-refractivity contribution >= 4 is 11.6 Å². The molecule has 1 unspecified atom stereocenters. The number of amides is 1. The quantitative estimate of drug-likeness (QED) is 0.409. The molecular formula is C22H18F3N5O3. The number of carbonyl (C=O) groups is 1. The lowest BCUT2D eigenvalue weighted by atomic mass is 10.2. The Bertz CT molecular complexity index is 1300. The fourth-order valence-corrected chi connectivity index (χ4v) is 2.94. The fourth-order valence-electron chi connectivity index (χ4n) is 2.94. The molecule has 0 saturated heterocycles. The van der Waals surface area contributed by atoms with E-state index in [9.17, 15) is 18.0 Å². The zero-order valence-electron chi connectivity index (χ0n) is 17.3. The molecule has 170 valence electrons. The van der Waals surface area contributed by atoms with E-state index in [-0.39, 0.29) is 24.8 Å². The lowest BCUT2D eigenvalue weighted by Gasteiger charge is -2.15. The van der Waals surface area contributed by atoms with Crippen LogP contribution in [0.25, 0.3) is 17.0 Å². The van der Waals surface area contributed by atoms with Crippen LogP contribution in [0.2, 0.25) is 0 Å². The van der Waals surface area contributed by atoms with Gasteiger partial charge in [0.05, 0.1) is 6.54 Å². The van der Waals surface area contributed by atoms with E-state index in [0.29, 0.717) is 23.1 Å². The molecule has 1 N–H and O–H groups in total. The van der Waals surface area contributed by atoms with Crippen LogP contribution in [0.3, 0.4) is 0 Å². The standard InChI is InChI=1S/C22H18F3N5O3/c1-13(33-18-6-5-16(24)12-17(18)25)22(31)26-9-10-32-20-8-7-19-27-28-21(30(19)29-20)14-3-2-4-15(23)11-14/h2-8,11-13H,9-10H2,1H3,(H,26,31). The summed E-state index contributed by atoms with van der Waals surface area (Å²) in [6.07, 6.45) is -1.01. The number of hydrogen-bond acceptors (Lipinski definition) is 6. The van der Waals surface area contributed by atoms with E-state index in [2.05, 4.69) is 20.6 Å². The van der Waals surface area contributed by atoms with Crippen molar-refractivity contribution < 1.29 is 27.4 Å². The third kappa shape index (κ3) is 5.20. The van der Waals surface area contributed by atoms with Crippen molar-refractivity contribution in [2.75, 3.05) is 13.2 Å². The number of carbonyl (C=O) groups excluding carboxylic acids is 1. The minimum Gasteiger partial charge on any atom is -0.478 e. The molecule has 8 nitrogen and oxygen atoms in total. The lowest BCUT2D eigenvalue weighted by molar-refractivity contribution is -0.127. The van der Waals surface area contributed by atoms with Crippen molar-refractivity contribution in [3.05, 3.63) is 72.0 Å². The van der Waals surface area contributed by atoms with Crippen molar-refractivity contribution in [2.45, 2.75) is 13.0 Å². The number of fused-ring (bicyclic) bond motifs is 1. The van der Waals surface area contributed by atoms with E-state index in [1.165, 1.54) is 23.6 Å². The molecule has 0 aliphatic carbocycles. The predicted molar refractivity (Wildman–Crippen MR) is 111 cm³/mol. The zero-order chi connectivity index (χ0) is 23.4. The van der Waals surface area contributed by atoms with Gasteiger partial charge in [0.1, 0.15) is 18.2 Å². The Morgan fingerprint density at radius 2 is 1.88 bits per heavy atom. The molecular weight excluding hydrogens is 439 g/mol. The molecule has 0 fully saturated rings. The molecule has 33 heavy (non-hydrogen) atoms. The first-order valence-electron chi connectivity index (χ1n) is 9.91. The van der Waals surface area contributed by atoms with Crippen LogP contribution in [0, 0.1) is 17.5 Å². The first-order valence-corrected chi connectivity index (χ1v) is 9.91. The summed E-state index contributed by atoms with van der Waals surface area (Å²) in [5, 5.41) is 14.9. The Balaban J connectivity index is 1.32. The Morgan fingerprint density at radius 3 is 2.67 bits per heavy atom. The van der Waals surface area contributed by atoms with Crippen molar-refractivity contribution in [1.29, 1.82) is 0 Å². The summed E-state index contributed by atoms with van der Waals surface area (Å²) in [6, 6.07) is 11.9. The second kappa shape index (κ2) is 9.55. The number of halogens is 3. The van der Waals surface area contributed by atoms with Gasteiger partial charge in [-0.3, -0.25) is 4.79 Å².